The molecule has 5 nitrogen and oxygen atoms in total. The number of hydrogen-bond donors (Lipinski definition) is 1. The molecule has 0 saturated heterocycles. The maximum atomic E-state index is 12.5. The summed E-state index contributed by atoms with van der Waals surface area (Å²) in [5, 5.41) is 2.70. The summed E-state index contributed by atoms with van der Waals surface area (Å²) in [4.78, 5) is 28.9. The molecule has 0 aliphatic carbocycles. The highest BCUT2D eigenvalue weighted by molar-refractivity contribution is 6.03. The lowest BCUT2D eigenvalue weighted by atomic mass is 9.97. The number of carbonyl (C=O) groups excluding carboxylic acids is 2. The van der Waals surface area contributed by atoms with Gasteiger partial charge in [-0.25, -0.2) is 0 Å². The Morgan fingerprint density at radius 1 is 1.11 bits per heavy atom. The van der Waals surface area contributed by atoms with Gasteiger partial charge in [-0.05, 0) is 42.3 Å². The zero-order valence-corrected chi connectivity index (χ0v) is 14.9. The van der Waals surface area contributed by atoms with Crippen molar-refractivity contribution in [3.8, 4) is 16.9 Å². The third-order valence-electron chi connectivity index (χ3n) is 4.68. The number of Topliss-reactive ketones (excluding diaryl/α,β-unsaturated/α-hetero) is 1. The van der Waals surface area contributed by atoms with Gasteiger partial charge in [0.05, 0.1) is 6.54 Å². The lowest BCUT2D eigenvalue weighted by Gasteiger charge is -2.20. The predicted octanol–water partition coefficient (Wildman–Crippen LogP) is 3.56. The van der Waals surface area contributed by atoms with Crippen LogP contribution in [0.3, 0.4) is 0 Å². The average molecular weight is 358 g/mol. The molecule has 1 aliphatic rings. The first-order valence-electron chi connectivity index (χ1n) is 8.70. The Morgan fingerprint density at radius 2 is 1.96 bits per heavy atom. The fourth-order valence-electron chi connectivity index (χ4n) is 3.21. The minimum absolute atomic E-state index is 0.0455. The van der Waals surface area contributed by atoms with Crippen molar-refractivity contribution in [1.82, 2.24) is 10.3 Å². The van der Waals surface area contributed by atoms with Crippen LogP contribution in [-0.2, 0) is 6.61 Å². The average Bonchev–Trinajstić information content (AvgIpc) is 2.71. The maximum Gasteiger partial charge on any atom is 0.251 e. The van der Waals surface area contributed by atoms with Gasteiger partial charge in [0.1, 0.15) is 12.4 Å². The van der Waals surface area contributed by atoms with Crippen LogP contribution in [0.4, 0.5) is 0 Å². The normalized spacial score (nSPS) is 11.7. The van der Waals surface area contributed by atoms with E-state index in [0.29, 0.717) is 23.5 Å². The van der Waals surface area contributed by atoms with Crippen molar-refractivity contribution >= 4 is 11.7 Å². The van der Waals surface area contributed by atoms with E-state index >= 15 is 0 Å². The van der Waals surface area contributed by atoms with Crippen molar-refractivity contribution in [3.63, 3.8) is 0 Å². The highest BCUT2D eigenvalue weighted by Gasteiger charge is 2.19. The van der Waals surface area contributed by atoms with E-state index in [0.717, 1.165) is 22.3 Å². The molecule has 0 radical (unpaired) electrons. The van der Waals surface area contributed by atoms with E-state index in [-0.39, 0.29) is 18.2 Å². The predicted molar refractivity (Wildman–Crippen MR) is 102 cm³/mol. The molecule has 0 spiro atoms. The third kappa shape index (κ3) is 3.31. The molecule has 2 heterocycles. The zero-order valence-electron chi connectivity index (χ0n) is 14.9. The van der Waals surface area contributed by atoms with E-state index in [9.17, 15) is 9.59 Å². The van der Waals surface area contributed by atoms with E-state index < -0.39 is 0 Å². The third-order valence-corrected chi connectivity index (χ3v) is 4.68. The van der Waals surface area contributed by atoms with Crippen LogP contribution < -0.4 is 10.1 Å². The monoisotopic (exact) mass is 358 g/mol. The molecule has 0 atom stereocenters. The van der Waals surface area contributed by atoms with Gasteiger partial charge in [0.15, 0.2) is 5.78 Å². The molecular formula is C22H18N2O3. The van der Waals surface area contributed by atoms with E-state index in [4.69, 9.17) is 4.74 Å². The van der Waals surface area contributed by atoms with Crippen molar-refractivity contribution in [3.05, 3.63) is 83.2 Å². The quantitative estimate of drug-likeness (QED) is 0.724. The van der Waals surface area contributed by atoms with Crippen LogP contribution in [-0.4, -0.2) is 23.2 Å². The van der Waals surface area contributed by atoms with E-state index in [1.54, 1.807) is 30.6 Å². The number of fused-ring (bicyclic) bond motifs is 3. The highest BCUT2D eigenvalue weighted by Crippen LogP contribution is 2.37. The van der Waals surface area contributed by atoms with Crippen LogP contribution in [0.25, 0.3) is 11.1 Å². The summed E-state index contributed by atoms with van der Waals surface area (Å²) < 4.78 is 5.76. The fourth-order valence-corrected chi connectivity index (χ4v) is 3.21. The van der Waals surface area contributed by atoms with Gasteiger partial charge in [-0.3, -0.25) is 14.6 Å². The SMILES string of the molecule is Cc1ccccc1C(=O)CNC(=O)c1ccc2c(c1)OCc1cnccc1-2. The number of rotatable bonds is 4. The second-order valence-corrected chi connectivity index (χ2v) is 6.45. The number of hydrogen-bond acceptors (Lipinski definition) is 4. The number of pyridine rings is 1. The molecule has 0 fully saturated rings. The number of nitrogens with zero attached hydrogens (tertiary/aromatic N) is 1. The number of ketones is 1. The van der Waals surface area contributed by atoms with Gasteiger partial charge in [-0.15, -0.1) is 0 Å². The van der Waals surface area contributed by atoms with Gasteiger partial charge in [0.25, 0.3) is 5.91 Å². The number of aromatic nitrogens is 1. The summed E-state index contributed by atoms with van der Waals surface area (Å²) in [5.41, 5.74) is 5.00. The molecule has 0 unspecified atom stereocenters. The molecule has 2 aromatic carbocycles. The van der Waals surface area contributed by atoms with Crippen molar-refractivity contribution in [1.29, 1.82) is 0 Å². The minimum atomic E-state index is -0.302. The molecule has 1 aliphatic heterocycles. The number of amides is 1. The molecule has 1 N–H and O–H groups in total. The van der Waals surface area contributed by atoms with Crippen LogP contribution in [0, 0.1) is 6.92 Å². The van der Waals surface area contributed by atoms with Crippen molar-refractivity contribution in [2.24, 2.45) is 0 Å². The summed E-state index contributed by atoms with van der Waals surface area (Å²) in [7, 11) is 0. The van der Waals surface area contributed by atoms with Crippen molar-refractivity contribution in [2.75, 3.05) is 6.54 Å². The first-order chi connectivity index (χ1) is 13.1. The Bertz CT molecular complexity index is 1040. The summed E-state index contributed by atoms with van der Waals surface area (Å²) in [6.07, 6.45) is 3.53. The standard InChI is InChI=1S/C22H18N2O3/c1-14-4-2-3-5-17(14)20(25)12-24-22(26)15-6-7-19-18-8-9-23-11-16(18)13-27-21(19)10-15/h2-11H,12-13H2,1H3,(H,24,26). The van der Waals surface area contributed by atoms with E-state index in [2.05, 4.69) is 10.3 Å². The van der Waals surface area contributed by atoms with E-state index in [1.807, 2.05) is 37.3 Å². The Labute approximate surface area is 157 Å². The molecule has 5 heteroatoms. The van der Waals surface area contributed by atoms with Gasteiger partial charge in [-0.1, -0.05) is 24.3 Å². The molecule has 0 bridgehead atoms. The molecule has 3 aromatic rings. The molecule has 27 heavy (non-hydrogen) atoms. The number of benzene rings is 2. The number of nitrogens with one attached hydrogen (secondary N) is 1. The molecular weight excluding hydrogens is 340 g/mol. The topological polar surface area (TPSA) is 68.3 Å². The van der Waals surface area contributed by atoms with E-state index in [1.165, 1.54) is 0 Å². The summed E-state index contributed by atoms with van der Waals surface area (Å²) in [5.74, 6) is 0.243. The largest absolute Gasteiger partial charge is 0.488 e. The maximum absolute atomic E-state index is 12.5. The Morgan fingerprint density at radius 3 is 2.81 bits per heavy atom. The van der Waals surface area contributed by atoms with Gasteiger partial charge in [0, 0.05) is 34.6 Å². The first-order valence-corrected chi connectivity index (χ1v) is 8.70. The summed E-state index contributed by atoms with van der Waals surface area (Å²) in [6.45, 7) is 2.26. The van der Waals surface area contributed by atoms with Crippen LogP contribution in [0.1, 0.15) is 31.8 Å². The zero-order chi connectivity index (χ0) is 18.8. The first kappa shape index (κ1) is 17.0. The van der Waals surface area contributed by atoms with Gasteiger partial charge in [0.2, 0.25) is 0 Å². The highest BCUT2D eigenvalue weighted by atomic mass is 16.5. The van der Waals surface area contributed by atoms with Crippen LogP contribution in [0.15, 0.2) is 60.9 Å². The Balaban J connectivity index is 1.49. The second-order valence-electron chi connectivity index (χ2n) is 6.45. The fraction of sp³-hybridized carbons (Fsp3) is 0.136. The van der Waals surface area contributed by atoms with Crippen LogP contribution >= 0.6 is 0 Å². The minimum Gasteiger partial charge on any atom is -0.488 e. The number of ether oxygens (including phenoxy) is 1. The Hall–Kier alpha value is -3.47. The lowest BCUT2D eigenvalue weighted by molar-refractivity contribution is 0.0903. The number of aryl methyl sites for hydroxylation is 1. The molecule has 4 rings (SSSR count). The smallest absolute Gasteiger partial charge is 0.251 e. The van der Waals surface area contributed by atoms with Crippen molar-refractivity contribution < 1.29 is 14.3 Å². The van der Waals surface area contributed by atoms with Gasteiger partial charge >= 0.3 is 0 Å². The molecule has 134 valence electrons. The molecule has 1 amide bonds. The van der Waals surface area contributed by atoms with Crippen LogP contribution in [0.2, 0.25) is 0 Å². The molecule has 1 aromatic heterocycles. The summed E-state index contributed by atoms with van der Waals surface area (Å²) in [6, 6.07) is 14.6. The van der Waals surface area contributed by atoms with Crippen LogP contribution in [0.5, 0.6) is 5.75 Å². The number of carbonyl (C=O) groups is 2. The second kappa shape index (κ2) is 7.03. The van der Waals surface area contributed by atoms with Crippen molar-refractivity contribution in [2.45, 2.75) is 13.5 Å². The lowest BCUT2D eigenvalue weighted by Crippen LogP contribution is -2.29. The van der Waals surface area contributed by atoms with Gasteiger partial charge < -0.3 is 10.1 Å². The Kier molecular flexibility index (Phi) is 4.42. The summed E-state index contributed by atoms with van der Waals surface area (Å²) >= 11 is 0. The van der Waals surface area contributed by atoms with Gasteiger partial charge in [-0.2, -0.15) is 0 Å². The molecule has 0 saturated carbocycles.